The van der Waals surface area contributed by atoms with Crippen molar-refractivity contribution < 1.29 is 24.2 Å². The summed E-state index contributed by atoms with van der Waals surface area (Å²) < 4.78 is 5.42. The Hall–Kier alpha value is -2.72. The van der Waals surface area contributed by atoms with Crippen molar-refractivity contribution in [3.63, 3.8) is 0 Å². The smallest absolute Gasteiger partial charge is 0.326 e. The van der Waals surface area contributed by atoms with Crippen molar-refractivity contribution in [2.24, 2.45) is 5.73 Å². The molecule has 1 aromatic rings. The average Bonchev–Trinajstić information content (AvgIpc) is 2.75. The molecule has 1 rings (SSSR count). The summed E-state index contributed by atoms with van der Waals surface area (Å²) in [5.41, 5.74) is 7.54. The van der Waals surface area contributed by atoms with Crippen LogP contribution in [0.3, 0.4) is 0 Å². The molecule has 0 aliphatic heterocycles. The lowest BCUT2D eigenvalue weighted by molar-refractivity contribution is -0.139. The number of hydrogen-bond donors (Lipinski definition) is 5. The third-order valence-corrected chi connectivity index (χ3v) is 4.86. The van der Waals surface area contributed by atoms with Crippen LogP contribution in [0.1, 0.15) is 28.8 Å². The zero-order valence-corrected chi connectivity index (χ0v) is 18.8. The molecular formula is C21H32N4O5S. The number of ether oxygens (including phenoxy) is 1. The van der Waals surface area contributed by atoms with Crippen molar-refractivity contribution in [1.82, 2.24) is 16.0 Å². The van der Waals surface area contributed by atoms with E-state index < -0.39 is 17.9 Å². The van der Waals surface area contributed by atoms with E-state index in [1.54, 1.807) is 36.0 Å². The van der Waals surface area contributed by atoms with Crippen LogP contribution in [0.15, 0.2) is 36.2 Å². The third-order valence-electron chi connectivity index (χ3n) is 4.28. The van der Waals surface area contributed by atoms with Crippen LogP contribution in [-0.4, -0.2) is 67.2 Å². The Morgan fingerprint density at radius 1 is 1.19 bits per heavy atom. The largest absolute Gasteiger partial charge is 0.480 e. The maximum Gasteiger partial charge on any atom is 0.326 e. The number of thioether (sulfide) groups is 1. The number of carbonyl (C=O) groups is 3. The van der Waals surface area contributed by atoms with Crippen LogP contribution in [0.4, 0.5) is 0 Å². The summed E-state index contributed by atoms with van der Waals surface area (Å²) in [5, 5.41) is 17.6. The van der Waals surface area contributed by atoms with Crippen LogP contribution in [-0.2, 0) is 14.3 Å². The number of rotatable bonds is 15. The molecule has 0 heterocycles. The van der Waals surface area contributed by atoms with Gasteiger partial charge in [-0.1, -0.05) is 17.7 Å². The van der Waals surface area contributed by atoms with Gasteiger partial charge in [0.2, 0.25) is 5.91 Å². The normalized spacial score (nSPS) is 12.1. The van der Waals surface area contributed by atoms with Gasteiger partial charge in [-0.25, -0.2) is 4.79 Å². The fourth-order valence-corrected chi connectivity index (χ4v) is 2.75. The predicted octanol–water partition coefficient (Wildman–Crippen LogP) is 0.844. The maximum absolute atomic E-state index is 12.2. The van der Waals surface area contributed by atoms with Gasteiger partial charge in [0.15, 0.2) is 0 Å². The van der Waals surface area contributed by atoms with E-state index in [1.807, 2.05) is 13.2 Å². The van der Waals surface area contributed by atoms with Gasteiger partial charge in [0.05, 0.1) is 19.8 Å². The van der Waals surface area contributed by atoms with Crippen molar-refractivity contribution in [3.05, 3.63) is 47.3 Å². The molecule has 1 aromatic carbocycles. The predicted molar refractivity (Wildman–Crippen MR) is 122 cm³/mol. The van der Waals surface area contributed by atoms with Gasteiger partial charge in [-0.3, -0.25) is 9.59 Å². The van der Waals surface area contributed by atoms with Crippen LogP contribution in [0.2, 0.25) is 0 Å². The molecule has 172 valence electrons. The first-order chi connectivity index (χ1) is 14.9. The standard InChI is InChI=1S/C21H32N4O5S/c1-15-3-5-16(6-4-15)20(27)25-18(21(28)29)7-8-19(26)24-14-17(13-22)23-9-10-30-11-12-31-2/h3-6,13,18,23H,7-12,14,22H2,1-2H3,(H,24,26)(H,25,27)(H,28,29)/b17-13-. The van der Waals surface area contributed by atoms with Crippen LogP contribution in [0.5, 0.6) is 0 Å². The number of nitrogens with one attached hydrogen (secondary N) is 3. The number of carboxylic acid groups (broad SMARTS) is 1. The highest BCUT2D eigenvalue weighted by Gasteiger charge is 2.21. The van der Waals surface area contributed by atoms with Gasteiger partial charge < -0.3 is 31.5 Å². The molecule has 0 bridgehead atoms. The van der Waals surface area contributed by atoms with Crippen LogP contribution >= 0.6 is 11.8 Å². The second-order valence-electron chi connectivity index (χ2n) is 6.77. The second-order valence-corrected chi connectivity index (χ2v) is 7.76. The number of aliphatic carboxylic acids is 1. The van der Waals surface area contributed by atoms with E-state index in [0.717, 1.165) is 11.3 Å². The minimum absolute atomic E-state index is 0.0306. The first-order valence-electron chi connectivity index (χ1n) is 9.95. The first-order valence-corrected chi connectivity index (χ1v) is 11.3. The van der Waals surface area contributed by atoms with Gasteiger partial charge in [-0.15, -0.1) is 0 Å². The zero-order valence-electron chi connectivity index (χ0n) is 18.0. The third kappa shape index (κ3) is 11.3. The molecule has 6 N–H and O–H groups in total. The molecule has 9 nitrogen and oxygen atoms in total. The van der Waals surface area contributed by atoms with E-state index in [-0.39, 0.29) is 25.3 Å². The lowest BCUT2D eigenvalue weighted by Crippen LogP contribution is -2.42. The van der Waals surface area contributed by atoms with Crippen LogP contribution in [0, 0.1) is 6.92 Å². The van der Waals surface area contributed by atoms with Gasteiger partial charge in [0, 0.05) is 36.2 Å². The lowest BCUT2D eigenvalue weighted by atomic mass is 10.1. The summed E-state index contributed by atoms with van der Waals surface area (Å²) in [7, 11) is 0. The Morgan fingerprint density at radius 2 is 1.90 bits per heavy atom. The number of hydrogen-bond acceptors (Lipinski definition) is 7. The molecule has 0 radical (unpaired) electrons. The topological polar surface area (TPSA) is 143 Å². The van der Waals surface area contributed by atoms with Crippen molar-refractivity contribution in [2.45, 2.75) is 25.8 Å². The fourth-order valence-electron chi connectivity index (χ4n) is 2.47. The average molecular weight is 453 g/mol. The van der Waals surface area contributed by atoms with Gasteiger partial charge in [0.25, 0.3) is 5.91 Å². The number of benzene rings is 1. The number of amides is 2. The molecule has 10 heteroatoms. The van der Waals surface area contributed by atoms with E-state index in [2.05, 4.69) is 16.0 Å². The number of carbonyl (C=O) groups excluding carboxylic acids is 2. The molecule has 0 saturated carbocycles. The van der Waals surface area contributed by atoms with Crippen LogP contribution in [0.25, 0.3) is 0 Å². The highest BCUT2D eigenvalue weighted by molar-refractivity contribution is 7.98. The first kappa shape index (κ1) is 26.3. The van der Waals surface area contributed by atoms with Gasteiger partial charge >= 0.3 is 5.97 Å². The Kier molecular flexibility index (Phi) is 12.8. The molecule has 1 atom stereocenters. The Labute approximate surface area is 187 Å². The van der Waals surface area contributed by atoms with E-state index in [1.165, 1.54) is 6.20 Å². The maximum atomic E-state index is 12.2. The summed E-state index contributed by atoms with van der Waals surface area (Å²) in [6, 6.07) is 5.62. The molecule has 31 heavy (non-hydrogen) atoms. The molecule has 0 spiro atoms. The van der Waals surface area contributed by atoms with Crippen molar-refractivity contribution in [1.29, 1.82) is 0 Å². The lowest BCUT2D eigenvalue weighted by Gasteiger charge is -2.15. The summed E-state index contributed by atoms with van der Waals surface area (Å²) >= 11 is 1.71. The van der Waals surface area contributed by atoms with Crippen molar-refractivity contribution >= 4 is 29.5 Å². The molecule has 0 aliphatic carbocycles. The van der Waals surface area contributed by atoms with Crippen molar-refractivity contribution in [2.75, 3.05) is 38.3 Å². The number of carboxylic acids is 1. The minimum atomic E-state index is -1.20. The monoisotopic (exact) mass is 452 g/mol. The van der Waals surface area contributed by atoms with E-state index in [4.69, 9.17) is 10.5 Å². The van der Waals surface area contributed by atoms with E-state index in [9.17, 15) is 19.5 Å². The molecule has 2 amide bonds. The van der Waals surface area contributed by atoms with E-state index in [0.29, 0.717) is 31.0 Å². The molecule has 0 aliphatic rings. The second kappa shape index (κ2) is 15.1. The highest BCUT2D eigenvalue weighted by Crippen LogP contribution is 2.05. The Balaban J connectivity index is 2.37. The highest BCUT2D eigenvalue weighted by atomic mass is 32.2. The van der Waals surface area contributed by atoms with Gasteiger partial charge in [-0.05, 0) is 31.7 Å². The molecule has 0 aromatic heterocycles. The quantitative estimate of drug-likeness (QED) is 0.246. The Morgan fingerprint density at radius 3 is 2.52 bits per heavy atom. The van der Waals surface area contributed by atoms with E-state index >= 15 is 0 Å². The van der Waals surface area contributed by atoms with Gasteiger partial charge in [0.1, 0.15) is 6.04 Å². The summed E-state index contributed by atoms with van der Waals surface area (Å²) in [4.78, 5) is 35.8. The zero-order chi connectivity index (χ0) is 23.1. The number of aryl methyl sites for hydroxylation is 1. The molecular weight excluding hydrogens is 420 g/mol. The minimum Gasteiger partial charge on any atom is -0.480 e. The SMILES string of the molecule is CSCCOCCN/C(=C\N)CNC(=O)CCC(NC(=O)c1ccc(C)cc1)C(=O)O. The van der Waals surface area contributed by atoms with Crippen molar-refractivity contribution in [3.8, 4) is 0 Å². The molecule has 0 saturated heterocycles. The molecule has 1 unspecified atom stereocenters. The molecule has 0 fully saturated rings. The number of nitrogens with two attached hydrogens (primary N) is 1. The Bertz CT molecular complexity index is 740. The summed E-state index contributed by atoms with van der Waals surface area (Å²) in [6.07, 6.45) is 3.29. The fraction of sp³-hybridized carbons (Fsp3) is 0.476. The van der Waals surface area contributed by atoms with Crippen LogP contribution < -0.4 is 21.7 Å². The summed E-state index contributed by atoms with van der Waals surface area (Å²) in [5.74, 6) is -1.10. The van der Waals surface area contributed by atoms with Gasteiger partial charge in [-0.2, -0.15) is 11.8 Å². The summed E-state index contributed by atoms with van der Waals surface area (Å²) in [6.45, 7) is 3.83.